The number of likely N-dealkylation sites (tertiary alicyclic amines) is 1. The molecule has 0 unspecified atom stereocenters. The van der Waals surface area contributed by atoms with Crippen LogP contribution in [0.3, 0.4) is 0 Å². The van der Waals surface area contributed by atoms with Crippen molar-refractivity contribution in [3.05, 3.63) is 29.6 Å². The molecule has 1 aliphatic rings. The van der Waals surface area contributed by atoms with E-state index in [0.29, 0.717) is 31.6 Å². The molecular formula is C14H18F4N2. The smallest absolute Gasteiger partial charge is 0.380 e. The van der Waals surface area contributed by atoms with E-state index in [2.05, 4.69) is 5.32 Å². The molecule has 0 atom stereocenters. The van der Waals surface area contributed by atoms with E-state index in [4.69, 9.17) is 0 Å². The van der Waals surface area contributed by atoms with E-state index in [9.17, 15) is 17.6 Å². The molecule has 0 saturated carbocycles. The van der Waals surface area contributed by atoms with E-state index >= 15 is 0 Å². The maximum Gasteiger partial charge on any atom is 0.401 e. The van der Waals surface area contributed by atoms with Gasteiger partial charge in [-0.15, -0.1) is 0 Å². The first-order valence-corrected chi connectivity index (χ1v) is 6.65. The summed E-state index contributed by atoms with van der Waals surface area (Å²) in [6.07, 6.45) is -2.98. The normalized spacial score (nSPS) is 18.2. The highest BCUT2D eigenvalue weighted by Crippen LogP contribution is 2.23. The van der Waals surface area contributed by atoms with Crippen LogP contribution < -0.4 is 5.32 Å². The minimum atomic E-state index is -4.15. The van der Waals surface area contributed by atoms with Gasteiger partial charge >= 0.3 is 6.18 Å². The molecule has 0 aliphatic carbocycles. The van der Waals surface area contributed by atoms with Crippen molar-refractivity contribution in [1.29, 1.82) is 0 Å². The Hall–Kier alpha value is -1.30. The Kier molecular flexibility index (Phi) is 4.52. The molecule has 2 rings (SSSR count). The highest BCUT2D eigenvalue weighted by atomic mass is 19.4. The Bertz CT molecular complexity index is 451. The quantitative estimate of drug-likeness (QED) is 0.856. The summed E-state index contributed by atoms with van der Waals surface area (Å²) in [7, 11) is 0. The van der Waals surface area contributed by atoms with Gasteiger partial charge in [0.2, 0.25) is 0 Å². The molecule has 6 heteroatoms. The fraction of sp³-hybridized carbons (Fsp3) is 0.571. The number of aryl methyl sites for hydroxylation is 1. The molecule has 0 amide bonds. The highest BCUT2D eigenvalue weighted by molar-refractivity contribution is 5.47. The summed E-state index contributed by atoms with van der Waals surface area (Å²) in [4.78, 5) is 1.39. The van der Waals surface area contributed by atoms with Crippen LogP contribution in [0.4, 0.5) is 23.2 Å². The van der Waals surface area contributed by atoms with Gasteiger partial charge < -0.3 is 5.32 Å². The number of rotatable bonds is 3. The van der Waals surface area contributed by atoms with Crippen LogP contribution in [0.1, 0.15) is 18.4 Å². The van der Waals surface area contributed by atoms with Crippen molar-refractivity contribution in [2.45, 2.75) is 32.0 Å². The molecule has 2 nitrogen and oxygen atoms in total. The maximum absolute atomic E-state index is 13.6. The maximum atomic E-state index is 13.6. The van der Waals surface area contributed by atoms with Crippen LogP contribution in [0.15, 0.2) is 18.2 Å². The lowest BCUT2D eigenvalue weighted by Crippen LogP contribution is -2.43. The number of alkyl halides is 3. The van der Waals surface area contributed by atoms with Gasteiger partial charge in [-0.05, 0) is 37.5 Å². The number of nitrogens with one attached hydrogen (secondary N) is 1. The van der Waals surface area contributed by atoms with Crippen LogP contribution in [-0.4, -0.2) is 36.8 Å². The summed E-state index contributed by atoms with van der Waals surface area (Å²) in [6.45, 7) is 1.77. The van der Waals surface area contributed by atoms with E-state index in [-0.39, 0.29) is 11.9 Å². The molecule has 1 saturated heterocycles. The minimum Gasteiger partial charge on any atom is -0.380 e. The predicted molar refractivity (Wildman–Crippen MR) is 70.3 cm³/mol. The molecule has 0 bridgehead atoms. The van der Waals surface area contributed by atoms with Crippen LogP contribution in [0.25, 0.3) is 0 Å². The number of halogens is 4. The first kappa shape index (κ1) is 15.1. The summed E-state index contributed by atoms with van der Waals surface area (Å²) >= 11 is 0. The number of hydrogen-bond donors (Lipinski definition) is 1. The molecule has 0 aromatic heterocycles. The van der Waals surface area contributed by atoms with Gasteiger partial charge in [0.1, 0.15) is 5.82 Å². The van der Waals surface area contributed by atoms with Crippen molar-refractivity contribution in [3.63, 3.8) is 0 Å². The molecule has 1 aliphatic heterocycles. The minimum absolute atomic E-state index is 0.0239. The largest absolute Gasteiger partial charge is 0.401 e. The van der Waals surface area contributed by atoms with Gasteiger partial charge in [-0.2, -0.15) is 13.2 Å². The number of hydrogen-bond acceptors (Lipinski definition) is 2. The summed E-state index contributed by atoms with van der Waals surface area (Å²) in [5, 5.41) is 3.09. The standard InChI is InChI=1S/C14H18F4N2/c1-10-2-3-12(15)13(8-10)19-11-4-6-20(7-5-11)9-14(16,17)18/h2-3,8,11,19H,4-7,9H2,1H3. The zero-order chi connectivity index (χ0) is 14.8. The Morgan fingerprint density at radius 1 is 1.25 bits per heavy atom. The summed E-state index contributed by atoms with van der Waals surface area (Å²) in [5.74, 6) is -0.326. The molecule has 20 heavy (non-hydrogen) atoms. The number of piperidine rings is 1. The van der Waals surface area contributed by atoms with E-state index in [0.717, 1.165) is 5.56 Å². The van der Waals surface area contributed by atoms with Crippen molar-refractivity contribution >= 4 is 5.69 Å². The lowest BCUT2D eigenvalue weighted by Gasteiger charge is -2.33. The molecule has 1 aromatic carbocycles. The molecule has 1 N–H and O–H groups in total. The summed E-state index contributed by atoms with van der Waals surface area (Å²) in [5.41, 5.74) is 1.38. The summed E-state index contributed by atoms with van der Waals surface area (Å²) < 4.78 is 50.4. The second-order valence-electron chi connectivity index (χ2n) is 5.29. The fourth-order valence-corrected chi connectivity index (χ4v) is 2.46. The Morgan fingerprint density at radius 3 is 2.50 bits per heavy atom. The van der Waals surface area contributed by atoms with Gasteiger partial charge in [0.25, 0.3) is 0 Å². The van der Waals surface area contributed by atoms with Gasteiger partial charge in [-0.1, -0.05) is 6.07 Å². The van der Waals surface area contributed by atoms with E-state index in [1.165, 1.54) is 11.0 Å². The van der Waals surface area contributed by atoms with E-state index < -0.39 is 12.7 Å². The zero-order valence-corrected chi connectivity index (χ0v) is 11.3. The second-order valence-corrected chi connectivity index (χ2v) is 5.29. The van der Waals surface area contributed by atoms with Gasteiger partial charge in [0, 0.05) is 19.1 Å². The monoisotopic (exact) mass is 290 g/mol. The first-order valence-electron chi connectivity index (χ1n) is 6.65. The molecule has 112 valence electrons. The first-order chi connectivity index (χ1) is 9.33. The van der Waals surface area contributed by atoms with Gasteiger partial charge in [-0.25, -0.2) is 4.39 Å². The van der Waals surface area contributed by atoms with Gasteiger partial charge in [-0.3, -0.25) is 4.90 Å². The third-order valence-electron chi connectivity index (χ3n) is 3.47. The number of anilines is 1. The SMILES string of the molecule is Cc1ccc(F)c(NC2CCN(CC(F)(F)F)CC2)c1. The Balaban J connectivity index is 1.87. The second kappa shape index (κ2) is 5.99. The van der Waals surface area contributed by atoms with Crippen molar-refractivity contribution in [1.82, 2.24) is 4.90 Å². The number of benzene rings is 1. The van der Waals surface area contributed by atoms with Crippen LogP contribution in [0.2, 0.25) is 0 Å². The fourth-order valence-electron chi connectivity index (χ4n) is 2.46. The van der Waals surface area contributed by atoms with Crippen molar-refractivity contribution in [2.75, 3.05) is 25.0 Å². The van der Waals surface area contributed by atoms with Gasteiger partial charge in [0.15, 0.2) is 0 Å². The molecular weight excluding hydrogens is 272 g/mol. The van der Waals surface area contributed by atoms with Crippen LogP contribution in [0.5, 0.6) is 0 Å². The third kappa shape index (κ3) is 4.37. The van der Waals surface area contributed by atoms with Crippen LogP contribution >= 0.6 is 0 Å². The topological polar surface area (TPSA) is 15.3 Å². The molecule has 1 aromatic rings. The van der Waals surface area contributed by atoms with Crippen molar-refractivity contribution in [2.24, 2.45) is 0 Å². The zero-order valence-electron chi connectivity index (χ0n) is 11.3. The van der Waals surface area contributed by atoms with Crippen molar-refractivity contribution in [3.8, 4) is 0 Å². The molecule has 0 radical (unpaired) electrons. The van der Waals surface area contributed by atoms with Crippen molar-refractivity contribution < 1.29 is 17.6 Å². The average Bonchev–Trinajstić information content (AvgIpc) is 2.34. The van der Waals surface area contributed by atoms with E-state index in [1.54, 1.807) is 12.1 Å². The van der Waals surface area contributed by atoms with Gasteiger partial charge in [0.05, 0.1) is 12.2 Å². The van der Waals surface area contributed by atoms with E-state index in [1.807, 2.05) is 6.92 Å². The van der Waals surface area contributed by atoms with Crippen LogP contribution in [-0.2, 0) is 0 Å². The van der Waals surface area contributed by atoms with Crippen LogP contribution in [0, 0.1) is 12.7 Å². The molecule has 1 fully saturated rings. The Labute approximate surface area is 115 Å². The highest BCUT2D eigenvalue weighted by Gasteiger charge is 2.32. The number of nitrogens with zero attached hydrogens (tertiary/aromatic N) is 1. The molecule has 0 spiro atoms. The lowest BCUT2D eigenvalue weighted by molar-refractivity contribution is -0.147. The average molecular weight is 290 g/mol. The lowest BCUT2D eigenvalue weighted by atomic mass is 10.0. The Morgan fingerprint density at radius 2 is 1.90 bits per heavy atom. The predicted octanol–water partition coefficient (Wildman–Crippen LogP) is 3.57. The third-order valence-corrected chi connectivity index (χ3v) is 3.47. The summed E-state index contributed by atoms with van der Waals surface area (Å²) in [6, 6.07) is 4.83. The molecule has 1 heterocycles.